The van der Waals surface area contributed by atoms with E-state index in [1.54, 1.807) is 74.5 Å². The molecular weight excluding hydrogens is 1170 g/mol. The van der Waals surface area contributed by atoms with Gasteiger partial charge in [-0.15, -0.1) is 0 Å². The Labute approximate surface area is 537 Å². The van der Waals surface area contributed by atoms with Gasteiger partial charge in [0.25, 0.3) is 11.8 Å². The van der Waals surface area contributed by atoms with Crippen LogP contribution in [0.1, 0.15) is 112 Å². The Bertz CT molecular complexity index is 2870. The third-order valence-electron chi connectivity index (χ3n) is 17.3. The molecule has 2 aliphatic heterocycles. The topological polar surface area (TPSA) is 290 Å². The van der Waals surface area contributed by atoms with Gasteiger partial charge in [0.05, 0.1) is 19.2 Å². The number of nitrogens with zero attached hydrogens (tertiary/aromatic N) is 9. The van der Waals surface area contributed by atoms with Crippen molar-refractivity contribution < 1.29 is 62.6 Å². The van der Waals surface area contributed by atoms with Gasteiger partial charge in [-0.25, -0.2) is 0 Å². The Balaban J connectivity index is 1.91. The number of rotatable bonds is 12. The monoisotopic (exact) mass is 1270 g/mol. The molecule has 0 bridgehead atoms. The van der Waals surface area contributed by atoms with Crippen LogP contribution >= 0.6 is 0 Å². The first kappa shape index (κ1) is 75.5. The molecule has 0 spiro atoms. The Hall–Kier alpha value is -7.96. The van der Waals surface area contributed by atoms with E-state index in [2.05, 4.69) is 16.0 Å². The minimum Gasteiger partial charge on any atom is -0.391 e. The van der Waals surface area contributed by atoms with Crippen molar-refractivity contribution in [2.24, 2.45) is 17.8 Å². The van der Waals surface area contributed by atoms with Crippen LogP contribution < -0.4 is 16.0 Å². The fourth-order valence-corrected chi connectivity index (χ4v) is 11.3. The summed E-state index contributed by atoms with van der Waals surface area (Å²) in [4.78, 5) is 186. The van der Waals surface area contributed by atoms with Crippen molar-refractivity contribution in [1.29, 1.82) is 0 Å². The molecule has 504 valence electrons. The molecule has 10 atom stereocenters. The number of aliphatic hydroxyl groups excluding tert-OH is 1. The molecule has 25 nitrogen and oxygen atoms in total. The Kier molecular flexibility index (Phi) is 28.6. The molecule has 91 heavy (non-hydrogen) atoms. The lowest BCUT2D eigenvalue weighted by Crippen LogP contribution is -2.62. The highest BCUT2D eigenvalue weighted by Gasteiger charge is 2.44. The Morgan fingerprint density at radius 3 is 1.30 bits per heavy atom. The van der Waals surface area contributed by atoms with Gasteiger partial charge in [0.15, 0.2) is 6.04 Å². The molecule has 25 heteroatoms. The van der Waals surface area contributed by atoms with Gasteiger partial charge in [0, 0.05) is 82.3 Å². The zero-order valence-corrected chi connectivity index (χ0v) is 56.6. The standard InChI is InChI=1S/C66H102N12O13/c1-40(2)33-48-58(83)67-43(7)57(82)69-56(66(91)78-31-25-20-26-32-78)65(90)71(11)38-53(80)72(12)44(8)60(85)74(14)49(34-41(3)4)59(84)68-55(45(9)79)64(89)70(10)39-54(81)73(13)51(36-46-27-21-18-22-28-46)62(87)76(16)50(35-42(5)6)61(86)77(17)52(63(88)75(48)15)37-47-29-23-19-24-30-47/h18-19,21-24,27-30,40-45,48-52,55-56,79H,20,25-26,31-39H2,1-17H3,(H,67,83)(H,68,84)(H,69,82)/t43-,44-,45+,48-,49-,50-,51-,52-,55-,56-/m0/s1. The molecule has 4 rings (SSSR count). The fourth-order valence-electron chi connectivity index (χ4n) is 11.3. The van der Waals surface area contributed by atoms with Crippen LogP contribution in [0.4, 0.5) is 0 Å². The summed E-state index contributed by atoms with van der Waals surface area (Å²) in [5, 5.41) is 18.9. The maximum absolute atomic E-state index is 15.4. The fraction of sp³-hybridized carbons (Fsp3) is 0.636. The molecule has 0 radical (unpaired) electrons. The maximum atomic E-state index is 15.4. The number of likely N-dealkylation sites (tertiary alicyclic amines) is 1. The SMILES string of the molecule is CC(C)C[C@H]1C(=O)N[C@@H]([C@@H](C)O)C(=O)N(C)CC(=O)N(C)[C@@H](Cc2ccccc2)C(=O)N(C)[C@@H](CC(C)C)C(=O)N(C)[C@@H](Cc2ccccc2)C(=O)N(C)[C@@H](CC(C)C)C(=O)N[C@@H](C)C(=O)N[C@H](C(=O)N2CCCCC2)C(=O)N(C)CC(=O)N(C)[C@@H](C)C(=O)N1C. The lowest BCUT2D eigenvalue weighted by atomic mass is 9.96. The number of piperidine rings is 1. The van der Waals surface area contributed by atoms with Gasteiger partial charge in [-0.2, -0.15) is 0 Å². The summed E-state index contributed by atoms with van der Waals surface area (Å²) in [6, 6.07) is 5.32. The number of aliphatic hydroxyl groups is 1. The zero-order valence-electron chi connectivity index (χ0n) is 56.6. The van der Waals surface area contributed by atoms with Crippen LogP contribution in [0.25, 0.3) is 0 Å². The second-order valence-electron chi connectivity index (χ2n) is 26.0. The third-order valence-corrected chi connectivity index (χ3v) is 17.3. The molecule has 2 fully saturated rings. The highest BCUT2D eigenvalue weighted by atomic mass is 16.3. The summed E-state index contributed by atoms with van der Waals surface area (Å²) < 4.78 is 0. The number of carbonyl (C=O) groups excluding carboxylic acids is 12. The highest BCUT2D eigenvalue weighted by molar-refractivity contribution is 6.08. The molecule has 2 heterocycles. The molecule has 12 amide bonds. The van der Waals surface area contributed by atoms with Gasteiger partial charge >= 0.3 is 0 Å². The number of nitrogens with one attached hydrogen (secondary N) is 3. The number of likely N-dealkylation sites (N-methyl/N-ethyl adjacent to an activating group) is 8. The van der Waals surface area contributed by atoms with E-state index in [4.69, 9.17) is 0 Å². The summed E-state index contributed by atoms with van der Waals surface area (Å²) in [6.07, 6.45) is 0.740. The minimum absolute atomic E-state index is 0.0314. The predicted octanol–water partition coefficient (Wildman–Crippen LogP) is 1.39. The smallest absolute Gasteiger partial charge is 0.255 e. The van der Waals surface area contributed by atoms with Crippen LogP contribution in [0.2, 0.25) is 0 Å². The van der Waals surface area contributed by atoms with Crippen molar-refractivity contribution in [3.8, 4) is 0 Å². The van der Waals surface area contributed by atoms with Crippen LogP contribution in [0.5, 0.6) is 0 Å². The molecule has 0 saturated carbocycles. The van der Waals surface area contributed by atoms with E-state index in [0.717, 1.165) is 26.0 Å². The number of carbonyl (C=O) groups is 12. The lowest BCUT2D eigenvalue weighted by molar-refractivity contribution is -0.154. The van der Waals surface area contributed by atoms with E-state index in [0.29, 0.717) is 24.0 Å². The van der Waals surface area contributed by atoms with Crippen molar-refractivity contribution in [3.63, 3.8) is 0 Å². The van der Waals surface area contributed by atoms with E-state index < -0.39 is 144 Å². The number of hydrogen-bond acceptors (Lipinski definition) is 13. The number of amides is 12. The first-order valence-corrected chi connectivity index (χ1v) is 31.6. The largest absolute Gasteiger partial charge is 0.391 e. The first-order valence-electron chi connectivity index (χ1n) is 31.6. The molecular formula is C66H102N12O13. The van der Waals surface area contributed by atoms with Gasteiger partial charge in [0.2, 0.25) is 59.1 Å². The Morgan fingerprint density at radius 2 is 0.835 bits per heavy atom. The Morgan fingerprint density at radius 1 is 0.451 bits per heavy atom. The molecule has 2 aromatic rings. The van der Waals surface area contributed by atoms with E-state index in [1.165, 1.54) is 102 Å². The highest BCUT2D eigenvalue weighted by Crippen LogP contribution is 2.24. The van der Waals surface area contributed by atoms with Gasteiger partial charge in [-0.3, -0.25) is 57.5 Å². The summed E-state index contributed by atoms with van der Waals surface area (Å²) in [5.41, 5.74) is 1.32. The van der Waals surface area contributed by atoms with Crippen LogP contribution in [0.15, 0.2) is 60.7 Å². The maximum Gasteiger partial charge on any atom is 0.255 e. The lowest BCUT2D eigenvalue weighted by Gasteiger charge is -2.39. The van der Waals surface area contributed by atoms with Gasteiger partial charge in [0.1, 0.15) is 48.3 Å². The second-order valence-corrected chi connectivity index (χ2v) is 26.0. The van der Waals surface area contributed by atoms with Crippen LogP contribution in [0, 0.1) is 17.8 Å². The van der Waals surface area contributed by atoms with Crippen molar-refractivity contribution >= 4 is 70.9 Å². The van der Waals surface area contributed by atoms with Gasteiger partial charge in [-0.1, -0.05) is 102 Å². The summed E-state index contributed by atoms with van der Waals surface area (Å²) >= 11 is 0. The number of benzene rings is 2. The quantitative estimate of drug-likeness (QED) is 0.219. The molecule has 0 aliphatic carbocycles. The van der Waals surface area contributed by atoms with Crippen molar-refractivity contribution in [2.75, 3.05) is 82.6 Å². The average molecular weight is 1270 g/mol. The molecule has 0 unspecified atom stereocenters. The van der Waals surface area contributed by atoms with E-state index in [1.807, 2.05) is 27.7 Å². The molecule has 2 saturated heterocycles. The molecule has 4 N–H and O–H groups in total. The van der Waals surface area contributed by atoms with Crippen molar-refractivity contribution in [3.05, 3.63) is 71.8 Å². The minimum atomic E-state index is -1.86. The van der Waals surface area contributed by atoms with Crippen molar-refractivity contribution in [1.82, 2.24) is 60.0 Å². The summed E-state index contributed by atoms with van der Waals surface area (Å²) in [6.45, 7) is 14.3. The van der Waals surface area contributed by atoms with Crippen LogP contribution in [-0.4, -0.2) is 263 Å². The van der Waals surface area contributed by atoms with Crippen LogP contribution in [-0.2, 0) is 70.4 Å². The average Bonchev–Trinajstić information content (AvgIpc) is 0.915. The second kappa shape index (κ2) is 34.5. The number of hydrogen-bond donors (Lipinski definition) is 4. The van der Waals surface area contributed by atoms with E-state index in [9.17, 15) is 48.3 Å². The van der Waals surface area contributed by atoms with E-state index in [-0.39, 0.29) is 62.9 Å². The normalized spacial score (nSPS) is 25.4. The summed E-state index contributed by atoms with van der Waals surface area (Å²) in [7, 11) is 11.0. The molecule has 2 aliphatic rings. The predicted molar refractivity (Wildman–Crippen MR) is 343 cm³/mol. The molecule has 0 aromatic heterocycles. The van der Waals surface area contributed by atoms with Crippen LogP contribution in [0.3, 0.4) is 0 Å². The van der Waals surface area contributed by atoms with E-state index >= 15 is 14.4 Å². The summed E-state index contributed by atoms with van der Waals surface area (Å²) in [5.74, 6) is -9.86. The van der Waals surface area contributed by atoms with Gasteiger partial charge < -0.3 is 65.2 Å². The molecule has 2 aromatic carbocycles. The first-order chi connectivity index (χ1) is 42.6. The van der Waals surface area contributed by atoms with Gasteiger partial charge in [-0.05, 0) is 88.2 Å². The van der Waals surface area contributed by atoms with Crippen molar-refractivity contribution in [2.45, 2.75) is 174 Å². The third kappa shape index (κ3) is 20.5. The zero-order chi connectivity index (χ0) is 68.5.